The summed E-state index contributed by atoms with van der Waals surface area (Å²) < 4.78 is 46.3. The van der Waals surface area contributed by atoms with E-state index in [-0.39, 0.29) is 30.2 Å². The van der Waals surface area contributed by atoms with Crippen LogP contribution in [0.2, 0.25) is 0 Å². The molecule has 1 saturated heterocycles. The van der Waals surface area contributed by atoms with Crippen molar-refractivity contribution in [1.29, 1.82) is 0 Å². The van der Waals surface area contributed by atoms with Crippen LogP contribution < -0.4 is 15.2 Å². The van der Waals surface area contributed by atoms with E-state index < -0.39 is 6.36 Å². The van der Waals surface area contributed by atoms with Crippen LogP contribution in [-0.2, 0) is 16.0 Å². The highest BCUT2D eigenvalue weighted by atomic mass is 19.4. The summed E-state index contributed by atoms with van der Waals surface area (Å²) in [5.41, 5.74) is 0.717. The number of rotatable bonds is 8. The third-order valence-corrected chi connectivity index (χ3v) is 5.69. The second-order valence-electron chi connectivity index (χ2n) is 7.96. The molecule has 0 atom stereocenters. The highest BCUT2D eigenvalue weighted by molar-refractivity contribution is 5.83. The maximum absolute atomic E-state index is 12.5. The van der Waals surface area contributed by atoms with Gasteiger partial charge in [-0.05, 0) is 30.2 Å². The number of halogens is 3. The normalized spacial score (nSPS) is 14.4. The van der Waals surface area contributed by atoms with Crippen LogP contribution in [0.25, 0.3) is 10.8 Å². The second kappa shape index (κ2) is 10.7. The van der Waals surface area contributed by atoms with Gasteiger partial charge in [0, 0.05) is 31.6 Å². The molecule has 2 aromatic heterocycles. The second-order valence-corrected chi connectivity index (χ2v) is 7.96. The fraction of sp³-hybridized carbons (Fsp3) is 0.391. The van der Waals surface area contributed by atoms with Gasteiger partial charge in [0.1, 0.15) is 11.6 Å². The number of aromatic amines is 1. The number of fused-ring (bicyclic) bond motifs is 1. The fourth-order valence-electron chi connectivity index (χ4n) is 3.94. The highest BCUT2D eigenvalue weighted by Gasteiger charge is 2.31. The minimum absolute atomic E-state index is 0.0209. The number of nitrogens with one attached hydrogen (secondary N) is 1. The van der Waals surface area contributed by atoms with Gasteiger partial charge in [0.25, 0.3) is 5.56 Å². The molecule has 0 saturated carbocycles. The molecule has 3 aromatic rings. The van der Waals surface area contributed by atoms with Crippen LogP contribution in [0.15, 0.2) is 47.5 Å². The minimum atomic E-state index is -4.76. The van der Waals surface area contributed by atoms with Crippen LogP contribution in [0.5, 0.6) is 5.75 Å². The summed E-state index contributed by atoms with van der Waals surface area (Å²) in [6, 6.07) is 8.16. The molecule has 0 unspecified atom stereocenters. The van der Waals surface area contributed by atoms with Gasteiger partial charge in [-0.3, -0.25) is 9.59 Å². The molecule has 1 amide bonds. The van der Waals surface area contributed by atoms with Crippen molar-refractivity contribution in [3.8, 4) is 5.75 Å². The maximum atomic E-state index is 12.5. The number of H-pyrrole nitrogens is 1. The van der Waals surface area contributed by atoms with Crippen LogP contribution in [0.4, 0.5) is 19.0 Å². The summed E-state index contributed by atoms with van der Waals surface area (Å²) >= 11 is 0. The molecule has 0 spiro atoms. The molecule has 3 heterocycles. The third-order valence-electron chi connectivity index (χ3n) is 5.69. The van der Waals surface area contributed by atoms with Crippen molar-refractivity contribution < 1.29 is 27.4 Å². The average molecular weight is 491 g/mol. The van der Waals surface area contributed by atoms with E-state index in [0.29, 0.717) is 50.4 Å². The molecule has 12 heteroatoms. The van der Waals surface area contributed by atoms with Gasteiger partial charge >= 0.3 is 6.36 Å². The van der Waals surface area contributed by atoms with E-state index in [1.165, 1.54) is 12.1 Å². The van der Waals surface area contributed by atoms with E-state index in [2.05, 4.69) is 19.9 Å². The Balaban J connectivity index is 1.17. The zero-order valence-corrected chi connectivity index (χ0v) is 18.8. The Morgan fingerprint density at radius 2 is 1.83 bits per heavy atom. The number of anilines is 1. The van der Waals surface area contributed by atoms with Gasteiger partial charge in [-0.2, -0.15) is 5.10 Å². The van der Waals surface area contributed by atoms with Crippen molar-refractivity contribution in [2.75, 3.05) is 44.3 Å². The summed E-state index contributed by atoms with van der Waals surface area (Å²) in [5, 5.41) is 7.63. The largest absolute Gasteiger partial charge is 0.573 e. The molecule has 186 valence electrons. The highest BCUT2D eigenvalue weighted by Crippen LogP contribution is 2.24. The quantitative estimate of drug-likeness (QED) is 0.484. The van der Waals surface area contributed by atoms with E-state index >= 15 is 0 Å². The number of carbonyl (C=O) groups is 1. The molecule has 4 rings (SSSR count). The molecule has 1 aliphatic heterocycles. The average Bonchev–Trinajstić information content (AvgIpc) is 2.84. The number of alkyl halides is 3. The molecule has 35 heavy (non-hydrogen) atoms. The zero-order valence-electron chi connectivity index (χ0n) is 18.8. The fourth-order valence-corrected chi connectivity index (χ4v) is 3.94. The van der Waals surface area contributed by atoms with Gasteiger partial charge in [-0.1, -0.05) is 12.1 Å². The van der Waals surface area contributed by atoms with E-state index in [9.17, 15) is 22.8 Å². The minimum Gasteiger partial charge on any atom is -0.404 e. The van der Waals surface area contributed by atoms with Crippen molar-refractivity contribution in [3.05, 3.63) is 58.6 Å². The lowest BCUT2D eigenvalue weighted by atomic mass is 10.1. The van der Waals surface area contributed by atoms with Gasteiger partial charge in [-0.25, -0.2) is 10.1 Å². The van der Waals surface area contributed by atoms with Crippen LogP contribution >= 0.6 is 0 Å². The Bertz CT molecular complexity index is 1210. The Kier molecular flexibility index (Phi) is 7.49. The van der Waals surface area contributed by atoms with Crippen LogP contribution in [0, 0.1) is 0 Å². The molecular weight excluding hydrogens is 467 g/mol. The van der Waals surface area contributed by atoms with E-state index in [1.807, 2.05) is 17.0 Å². The van der Waals surface area contributed by atoms with Gasteiger partial charge in [0.2, 0.25) is 5.91 Å². The number of pyridine rings is 1. The first-order chi connectivity index (χ1) is 16.8. The summed E-state index contributed by atoms with van der Waals surface area (Å²) in [4.78, 5) is 32.0. The van der Waals surface area contributed by atoms with E-state index in [0.717, 1.165) is 17.1 Å². The molecule has 0 aliphatic carbocycles. The van der Waals surface area contributed by atoms with Gasteiger partial charge in [0.15, 0.2) is 0 Å². The number of carbonyl (C=O) groups excluding carboxylic acids is 1. The van der Waals surface area contributed by atoms with Gasteiger partial charge < -0.3 is 19.3 Å². The lowest BCUT2D eigenvalue weighted by Crippen LogP contribution is -2.49. The molecular formula is C23H24F3N5O4. The molecule has 1 N–H and O–H groups in total. The number of nitrogens with zero attached hydrogens (tertiary/aromatic N) is 4. The lowest BCUT2D eigenvalue weighted by molar-refractivity contribution is -0.274. The van der Waals surface area contributed by atoms with Crippen molar-refractivity contribution >= 4 is 22.5 Å². The van der Waals surface area contributed by atoms with Crippen molar-refractivity contribution in [2.24, 2.45) is 0 Å². The predicted molar refractivity (Wildman–Crippen MR) is 121 cm³/mol. The molecule has 1 aromatic carbocycles. The standard InChI is InChI=1S/C23H24F3N5O4/c24-23(25,26)35-17-4-5-20(27-14-17)30-8-10-31(11-9-30)21(32)7-13-34-12-6-16-2-1-3-18-19(16)15-28-29-22(18)33/h1-5,14-15H,6-13H2,(H,29,33). The van der Waals surface area contributed by atoms with Crippen molar-refractivity contribution in [2.45, 2.75) is 19.2 Å². The Hall–Kier alpha value is -3.67. The molecule has 9 nitrogen and oxygen atoms in total. The topological polar surface area (TPSA) is 101 Å². The number of piperazine rings is 1. The first kappa shape index (κ1) is 24.5. The summed E-state index contributed by atoms with van der Waals surface area (Å²) in [6.45, 7) is 2.70. The number of hydrogen-bond acceptors (Lipinski definition) is 7. The first-order valence-electron chi connectivity index (χ1n) is 11.1. The molecule has 0 radical (unpaired) electrons. The lowest BCUT2D eigenvalue weighted by Gasteiger charge is -2.35. The third kappa shape index (κ3) is 6.47. The monoisotopic (exact) mass is 491 g/mol. The molecule has 1 fully saturated rings. The number of amides is 1. The molecule has 1 aliphatic rings. The van der Waals surface area contributed by atoms with E-state index in [1.54, 1.807) is 17.2 Å². The summed E-state index contributed by atoms with van der Waals surface area (Å²) in [7, 11) is 0. The number of benzene rings is 1. The number of ether oxygens (including phenoxy) is 2. The van der Waals surface area contributed by atoms with Crippen LogP contribution in [0.1, 0.15) is 12.0 Å². The Morgan fingerprint density at radius 3 is 2.54 bits per heavy atom. The Labute approximate surface area is 198 Å². The van der Waals surface area contributed by atoms with Crippen LogP contribution in [0.3, 0.4) is 0 Å². The van der Waals surface area contributed by atoms with Gasteiger partial charge in [0.05, 0.1) is 37.4 Å². The number of hydrogen-bond donors (Lipinski definition) is 1. The van der Waals surface area contributed by atoms with E-state index in [4.69, 9.17) is 4.74 Å². The van der Waals surface area contributed by atoms with Crippen LogP contribution in [-0.4, -0.2) is 71.7 Å². The Morgan fingerprint density at radius 1 is 1.03 bits per heavy atom. The first-order valence-corrected chi connectivity index (χ1v) is 11.1. The summed E-state index contributed by atoms with van der Waals surface area (Å²) in [5.74, 6) is 0.133. The molecule has 0 bridgehead atoms. The summed E-state index contributed by atoms with van der Waals surface area (Å²) in [6.07, 6.45) is -1.26. The zero-order chi connectivity index (χ0) is 24.8. The van der Waals surface area contributed by atoms with Crippen molar-refractivity contribution in [3.63, 3.8) is 0 Å². The van der Waals surface area contributed by atoms with Crippen molar-refractivity contribution in [1.82, 2.24) is 20.1 Å². The number of aromatic nitrogens is 3. The maximum Gasteiger partial charge on any atom is 0.573 e. The predicted octanol–water partition coefficient (Wildman–Crippen LogP) is 2.51. The smallest absolute Gasteiger partial charge is 0.404 e. The van der Waals surface area contributed by atoms with Gasteiger partial charge in [-0.15, -0.1) is 13.2 Å². The SMILES string of the molecule is O=C(CCOCCc1cccc2c(=O)[nH]ncc12)N1CCN(c2ccc(OC(F)(F)F)cn2)CC1.